The third-order valence-corrected chi connectivity index (χ3v) is 4.62. The minimum atomic E-state index is 0.836. The van der Waals surface area contributed by atoms with Gasteiger partial charge < -0.3 is 0 Å². The molecule has 0 spiro atoms. The van der Waals surface area contributed by atoms with Crippen molar-refractivity contribution in [1.82, 2.24) is 0 Å². The second-order valence-electron chi connectivity index (χ2n) is 5.87. The molecule has 0 saturated heterocycles. The maximum Gasteiger partial charge on any atom is -0.0386 e. The van der Waals surface area contributed by atoms with E-state index in [4.69, 9.17) is 0 Å². The van der Waals surface area contributed by atoms with Gasteiger partial charge in [-0.1, -0.05) is 61.3 Å². The van der Waals surface area contributed by atoms with Crippen LogP contribution in [0.2, 0.25) is 0 Å². The Morgan fingerprint density at radius 1 is 0.733 bits per heavy atom. The van der Waals surface area contributed by atoms with Gasteiger partial charge in [-0.3, -0.25) is 0 Å². The first kappa shape index (κ1) is 15.0. The molecule has 0 rings (SSSR count). The summed E-state index contributed by atoms with van der Waals surface area (Å²) in [5.74, 6) is 4.41. The van der Waals surface area contributed by atoms with Crippen molar-refractivity contribution in [1.29, 1.82) is 0 Å². The molecule has 0 heterocycles. The molecule has 0 aliphatic heterocycles. The van der Waals surface area contributed by atoms with Gasteiger partial charge in [0.05, 0.1) is 0 Å². The predicted molar refractivity (Wildman–Crippen MR) is 71.0 cm³/mol. The summed E-state index contributed by atoms with van der Waals surface area (Å²) in [5.41, 5.74) is 0. The monoisotopic (exact) mass is 212 g/mol. The normalized spacial score (nSPS) is 20.0. The van der Waals surface area contributed by atoms with Crippen LogP contribution in [0.3, 0.4) is 0 Å². The summed E-state index contributed by atoms with van der Waals surface area (Å²) in [6, 6.07) is 0. The molecule has 0 aromatic heterocycles. The largest absolute Gasteiger partial charge is 0.0651 e. The van der Waals surface area contributed by atoms with Crippen molar-refractivity contribution in [3.05, 3.63) is 0 Å². The third-order valence-electron chi connectivity index (χ3n) is 4.62. The fourth-order valence-corrected chi connectivity index (χ4v) is 2.34. The van der Waals surface area contributed by atoms with Gasteiger partial charge in [-0.15, -0.1) is 0 Å². The number of hydrogen-bond donors (Lipinski definition) is 0. The van der Waals surface area contributed by atoms with E-state index in [0.29, 0.717) is 0 Å². The van der Waals surface area contributed by atoms with Crippen molar-refractivity contribution < 1.29 is 0 Å². The first-order valence-electron chi connectivity index (χ1n) is 6.93. The van der Waals surface area contributed by atoms with Crippen molar-refractivity contribution in [2.75, 3.05) is 0 Å². The second-order valence-corrected chi connectivity index (χ2v) is 5.87. The van der Waals surface area contributed by atoms with Gasteiger partial charge in [0, 0.05) is 0 Å². The standard InChI is InChI=1S/C15H32/c1-8-12(5)14(7)15(9-2)10-13(6)11(3)4/h11-15H,8-10H2,1-7H3. The zero-order valence-electron chi connectivity index (χ0n) is 12.0. The smallest absolute Gasteiger partial charge is 0.0386 e. The molecule has 0 nitrogen and oxygen atoms in total. The van der Waals surface area contributed by atoms with Crippen molar-refractivity contribution in [3.8, 4) is 0 Å². The fourth-order valence-electron chi connectivity index (χ4n) is 2.34. The van der Waals surface area contributed by atoms with E-state index >= 15 is 0 Å². The Labute approximate surface area is 97.8 Å². The summed E-state index contributed by atoms with van der Waals surface area (Å²) in [4.78, 5) is 0. The van der Waals surface area contributed by atoms with Gasteiger partial charge in [0.2, 0.25) is 0 Å². The summed E-state index contributed by atoms with van der Waals surface area (Å²) in [6.45, 7) is 16.7. The SMILES string of the molecule is CCC(C)C(C)C(CC)CC(C)C(C)C. The lowest BCUT2D eigenvalue weighted by atomic mass is 9.75. The van der Waals surface area contributed by atoms with E-state index < -0.39 is 0 Å². The Balaban J connectivity index is 4.23. The van der Waals surface area contributed by atoms with Crippen LogP contribution in [0.4, 0.5) is 0 Å². The Kier molecular flexibility index (Phi) is 7.30. The van der Waals surface area contributed by atoms with E-state index in [1.807, 2.05) is 0 Å². The second kappa shape index (κ2) is 7.30. The highest BCUT2D eigenvalue weighted by molar-refractivity contribution is 4.73. The first-order valence-corrected chi connectivity index (χ1v) is 6.93. The Bertz CT molecular complexity index is 148. The maximum atomic E-state index is 2.45. The molecule has 0 amide bonds. The highest BCUT2D eigenvalue weighted by atomic mass is 14.3. The Hall–Kier alpha value is 0. The zero-order chi connectivity index (χ0) is 12.0. The van der Waals surface area contributed by atoms with E-state index in [0.717, 1.165) is 29.6 Å². The van der Waals surface area contributed by atoms with E-state index in [1.165, 1.54) is 19.3 Å². The van der Waals surface area contributed by atoms with Crippen molar-refractivity contribution in [2.24, 2.45) is 29.6 Å². The van der Waals surface area contributed by atoms with Gasteiger partial charge in [0.25, 0.3) is 0 Å². The van der Waals surface area contributed by atoms with Gasteiger partial charge in [-0.25, -0.2) is 0 Å². The molecular weight excluding hydrogens is 180 g/mol. The van der Waals surface area contributed by atoms with Gasteiger partial charge >= 0.3 is 0 Å². The van der Waals surface area contributed by atoms with E-state index in [9.17, 15) is 0 Å². The van der Waals surface area contributed by atoms with Crippen LogP contribution in [0.5, 0.6) is 0 Å². The van der Waals surface area contributed by atoms with Gasteiger partial charge in [0.15, 0.2) is 0 Å². The molecule has 15 heavy (non-hydrogen) atoms. The molecule has 0 heteroatoms. The molecule has 4 atom stereocenters. The number of hydrogen-bond acceptors (Lipinski definition) is 0. The van der Waals surface area contributed by atoms with Crippen LogP contribution < -0.4 is 0 Å². The molecule has 92 valence electrons. The molecule has 0 N–H and O–H groups in total. The van der Waals surface area contributed by atoms with Crippen LogP contribution in [0.15, 0.2) is 0 Å². The summed E-state index contributed by atoms with van der Waals surface area (Å²) in [6.07, 6.45) is 4.09. The average Bonchev–Trinajstić information content (AvgIpc) is 2.23. The summed E-state index contributed by atoms with van der Waals surface area (Å²) < 4.78 is 0. The predicted octanol–water partition coefficient (Wildman–Crippen LogP) is 5.38. The van der Waals surface area contributed by atoms with Gasteiger partial charge in [-0.05, 0) is 36.0 Å². The molecule has 0 saturated carbocycles. The Morgan fingerprint density at radius 2 is 1.27 bits per heavy atom. The van der Waals surface area contributed by atoms with Crippen LogP contribution >= 0.6 is 0 Å². The van der Waals surface area contributed by atoms with E-state index in [2.05, 4.69) is 48.5 Å². The zero-order valence-corrected chi connectivity index (χ0v) is 12.0. The first-order chi connectivity index (χ1) is 6.93. The van der Waals surface area contributed by atoms with Gasteiger partial charge in [-0.2, -0.15) is 0 Å². The lowest BCUT2D eigenvalue weighted by molar-refractivity contribution is 0.196. The van der Waals surface area contributed by atoms with Crippen LogP contribution in [-0.2, 0) is 0 Å². The van der Waals surface area contributed by atoms with Crippen LogP contribution in [0.1, 0.15) is 67.7 Å². The quantitative estimate of drug-likeness (QED) is 0.531. The van der Waals surface area contributed by atoms with Crippen LogP contribution in [-0.4, -0.2) is 0 Å². The highest BCUT2D eigenvalue weighted by Gasteiger charge is 2.23. The van der Waals surface area contributed by atoms with E-state index in [-0.39, 0.29) is 0 Å². The average molecular weight is 212 g/mol. The minimum absolute atomic E-state index is 0.836. The molecule has 0 aromatic rings. The topological polar surface area (TPSA) is 0 Å². The summed E-state index contributed by atoms with van der Waals surface area (Å²) in [5, 5.41) is 0. The lowest BCUT2D eigenvalue weighted by Crippen LogP contribution is -2.21. The molecule has 0 fully saturated rings. The lowest BCUT2D eigenvalue weighted by Gasteiger charge is -2.31. The van der Waals surface area contributed by atoms with Crippen molar-refractivity contribution in [2.45, 2.75) is 67.7 Å². The highest BCUT2D eigenvalue weighted by Crippen LogP contribution is 2.32. The molecule has 0 radical (unpaired) electrons. The van der Waals surface area contributed by atoms with Crippen LogP contribution in [0.25, 0.3) is 0 Å². The fraction of sp³-hybridized carbons (Fsp3) is 1.00. The van der Waals surface area contributed by atoms with Crippen molar-refractivity contribution >= 4 is 0 Å². The summed E-state index contributed by atoms with van der Waals surface area (Å²) in [7, 11) is 0. The molecule has 0 aliphatic carbocycles. The third kappa shape index (κ3) is 5.04. The molecule has 0 bridgehead atoms. The Morgan fingerprint density at radius 3 is 1.60 bits per heavy atom. The molecule has 4 unspecified atom stereocenters. The minimum Gasteiger partial charge on any atom is -0.0651 e. The van der Waals surface area contributed by atoms with Gasteiger partial charge in [0.1, 0.15) is 0 Å². The maximum absolute atomic E-state index is 2.45. The molecule has 0 aliphatic rings. The van der Waals surface area contributed by atoms with Crippen LogP contribution in [0, 0.1) is 29.6 Å². The van der Waals surface area contributed by atoms with Crippen molar-refractivity contribution in [3.63, 3.8) is 0 Å². The number of rotatable bonds is 7. The van der Waals surface area contributed by atoms with E-state index in [1.54, 1.807) is 0 Å². The molecule has 0 aromatic carbocycles. The summed E-state index contributed by atoms with van der Waals surface area (Å²) >= 11 is 0. The molecular formula is C15H32.